The quantitative estimate of drug-likeness (QED) is 0.247. The van der Waals surface area contributed by atoms with Crippen LogP contribution >= 0.6 is 0 Å². The molecule has 0 spiro atoms. The molecule has 1 aliphatic heterocycles. The lowest BCUT2D eigenvalue weighted by Gasteiger charge is -2.29. The Morgan fingerprint density at radius 1 is 0.750 bits per heavy atom. The summed E-state index contributed by atoms with van der Waals surface area (Å²) < 4.78 is 0. The van der Waals surface area contributed by atoms with Gasteiger partial charge in [-0.2, -0.15) is 0 Å². The number of anilines is 3. The van der Waals surface area contributed by atoms with Crippen molar-refractivity contribution in [2.75, 3.05) is 16.0 Å². The van der Waals surface area contributed by atoms with E-state index in [0.717, 1.165) is 38.6 Å². The van der Waals surface area contributed by atoms with Crippen LogP contribution in [0.4, 0.5) is 17.1 Å². The number of ketones is 1. The van der Waals surface area contributed by atoms with Gasteiger partial charge in [0.2, 0.25) is 11.8 Å². The first-order valence-electron chi connectivity index (χ1n) is 11.6. The molecule has 3 heterocycles. The Balaban J connectivity index is 1.64. The van der Waals surface area contributed by atoms with Crippen molar-refractivity contribution in [2.45, 2.75) is 19.4 Å². The zero-order chi connectivity index (χ0) is 25.0. The van der Waals surface area contributed by atoms with Crippen LogP contribution in [0, 0.1) is 0 Å². The Kier molecular flexibility index (Phi) is 4.72. The number of Topliss-reactive ketones (excluding diaryl/α,β-unsaturated/α-hetero) is 1. The summed E-state index contributed by atoms with van der Waals surface area (Å²) in [7, 11) is 0. The number of nitrogens with one attached hydrogen (secondary N) is 5. The second-order valence-electron chi connectivity index (χ2n) is 9.04. The first kappa shape index (κ1) is 21.7. The maximum atomic E-state index is 14.3. The molecule has 178 valence electrons. The Morgan fingerprint density at radius 2 is 1.28 bits per heavy atom. The van der Waals surface area contributed by atoms with E-state index < -0.39 is 5.54 Å². The van der Waals surface area contributed by atoms with Crippen LogP contribution in [0.25, 0.3) is 21.8 Å². The summed E-state index contributed by atoms with van der Waals surface area (Å²) in [5, 5.41) is 10.8. The highest BCUT2D eigenvalue weighted by Crippen LogP contribution is 2.48. The summed E-state index contributed by atoms with van der Waals surface area (Å²) in [5.41, 5.74) is 4.50. The zero-order valence-electron chi connectivity index (χ0n) is 19.7. The molecule has 0 bridgehead atoms. The fraction of sp³-hybridized carbons (Fsp3) is 0.107. The van der Waals surface area contributed by atoms with Gasteiger partial charge in [-0.05, 0) is 48.5 Å². The summed E-state index contributed by atoms with van der Waals surface area (Å²) in [4.78, 5) is 44.3. The number of para-hydroxylation sites is 1. The Labute approximate surface area is 206 Å². The van der Waals surface area contributed by atoms with Gasteiger partial charge in [-0.3, -0.25) is 14.4 Å². The zero-order valence-corrected chi connectivity index (χ0v) is 19.7. The van der Waals surface area contributed by atoms with E-state index in [9.17, 15) is 14.4 Å². The van der Waals surface area contributed by atoms with E-state index in [1.165, 1.54) is 13.8 Å². The normalized spacial score (nSPS) is 14.0. The van der Waals surface area contributed by atoms with Crippen molar-refractivity contribution in [1.29, 1.82) is 0 Å². The van der Waals surface area contributed by atoms with Gasteiger partial charge in [0, 0.05) is 81.8 Å². The van der Waals surface area contributed by atoms with Gasteiger partial charge in [-0.15, -0.1) is 0 Å². The number of aromatic amines is 2. The summed E-state index contributed by atoms with van der Waals surface area (Å²) in [5.74, 6) is -0.439. The number of benzene rings is 3. The molecule has 6 rings (SSSR count). The van der Waals surface area contributed by atoms with Crippen LogP contribution in [0.3, 0.4) is 0 Å². The van der Waals surface area contributed by atoms with E-state index in [2.05, 4.69) is 25.9 Å². The van der Waals surface area contributed by atoms with Crippen LogP contribution < -0.4 is 16.0 Å². The molecule has 8 heteroatoms. The highest BCUT2D eigenvalue weighted by atomic mass is 16.2. The summed E-state index contributed by atoms with van der Waals surface area (Å²) >= 11 is 0. The van der Waals surface area contributed by atoms with Crippen LogP contribution in [0.15, 0.2) is 73.1 Å². The molecule has 0 aliphatic carbocycles. The predicted molar refractivity (Wildman–Crippen MR) is 140 cm³/mol. The molecule has 0 radical (unpaired) electrons. The minimum atomic E-state index is -1.25. The van der Waals surface area contributed by atoms with Crippen molar-refractivity contribution >= 4 is 56.5 Å². The van der Waals surface area contributed by atoms with Crippen molar-refractivity contribution in [2.24, 2.45) is 0 Å². The van der Waals surface area contributed by atoms with Gasteiger partial charge < -0.3 is 25.9 Å². The van der Waals surface area contributed by atoms with E-state index in [4.69, 9.17) is 0 Å². The fourth-order valence-corrected chi connectivity index (χ4v) is 5.20. The monoisotopic (exact) mass is 477 g/mol. The highest BCUT2D eigenvalue weighted by molar-refractivity contribution is 6.19. The fourth-order valence-electron chi connectivity index (χ4n) is 5.20. The Hall–Kier alpha value is -4.85. The van der Waals surface area contributed by atoms with Crippen molar-refractivity contribution in [3.63, 3.8) is 0 Å². The smallest absolute Gasteiger partial charge is 0.221 e. The van der Waals surface area contributed by atoms with Gasteiger partial charge >= 0.3 is 0 Å². The van der Waals surface area contributed by atoms with E-state index >= 15 is 0 Å². The molecule has 0 unspecified atom stereocenters. The summed E-state index contributed by atoms with van der Waals surface area (Å²) in [6, 6.07) is 18.6. The molecule has 0 saturated heterocycles. The number of carbonyl (C=O) groups excluding carboxylic acids is 3. The molecule has 8 nitrogen and oxygen atoms in total. The standard InChI is InChI=1S/C28H23N5O3/c1-15(34)31-17-7-9-24-20(11-17)22(13-29-24)28(27(36)19-5-3-4-6-26(19)33-28)23-14-30-25-10-8-18(12-21(23)25)32-16(2)35/h3-14,29-30,33H,1-2H3,(H,31,34)(H,32,35). The van der Waals surface area contributed by atoms with Gasteiger partial charge in [0.15, 0.2) is 11.3 Å². The van der Waals surface area contributed by atoms with Crippen LogP contribution in [-0.2, 0) is 15.1 Å². The molecule has 5 aromatic rings. The lowest BCUT2D eigenvalue weighted by molar-refractivity contribution is -0.115. The number of hydrogen-bond donors (Lipinski definition) is 5. The average Bonchev–Trinajstić information content (AvgIpc) is 3.53. The maximum Gasteiger partial charge on any atom is 0.221 e. The van der Waals surface area contributed by atoms with Gasteiger partial charge in [-0.1, -0.05) is 12.1 Å². The molecular formula is C28H23N5O3. The Bertz CT molecular complexity index is 1620. The van der Waals surface area contributed by atoms with Crippen LogP contribution in [0.5, 0.6) is 0 Å². The first-order valence-corrected chi connectivity index (χ1v) is 11.6. The lowest BCUT2D eigenvalue weighted by atomic mass is 9.79. The molecule has 36 heavy (non-hydrogen) atoms. The minimum absolute atomic E-state index is 0.0882. The number of fused-ring (bicyclic) bond motifs is 3. The van der Waals surface area contributed by atoms with Crippen LogP contribution in [0.1, 0.15) is 35.3 Å². The van der Waals surface area contributed by atoms with Gasteiger partial charge in [0.25, 0.3) is 0 Å². The predicted octanol–water partition coefficient (Wildman–Crippen LogP) is 5.12. The molecule has 0 atom stereocenters. The molecule has 1 aliphatic rings. The minimum Gasteiger partial charge on any atom is -0.365 e. The van der Waals surface area contributed by atoms with Crippen LogP contribution in [0.2, 0.25) is 0 Å². The molecule has 0 saturated carbocycles. The van der Waals surface area contributed by atoms with Crippen molar-refractivity contribution in [3.05, 3.63) is 89.7 Å². The number of aromatic nitrogens is 2. The number of rotatable bonds is 4. The molecule has 5 N–H and O–H groups in total. The first-order chi connectivity index (χ1) is 17.4. The summed E-state index contributed by atoms with van der Waals surface area (Å²) in [6.07, 6.45) is 3.69. The van der Waals surface area contributed by atoms with Crippen molar-refractivity contribution in [1.82, 2.24) is 9.97 Å². The van der Waals surface area contributed by atoms with Crippen LogP contribution in [-0.4, -0.2) is 27.6 Å². The second kappa shape index (κ2) is 7.84. The van der Waals surface area contributed by atoms with Gasteiger partial charge in [0.1, 0.15) is 0 Å². The maximum absolute atomic E-state index is 14.3. The molecule has 2 amide bonds. The lowest BCUT2D eigenvalue weighted by Crippen LogP contribution is -2.39. The topological polar surface area (TPSA) is 119 Å². The molecule has 2 aromatic heterocycles. The third-order valence-electron chi connectivity index (χ3n) is 6.65. The molecule has 0 fully saturated rings. The van der Waals surface area contributed by atoms with E-state index in [1.54, 1.807) is 0 Å². The number of H-pyrrole nitrogens is 2. The third-order valence-corrected chi connectivity index (χ3v) is 6.65. The molecule has 3 aromatic carbocycles. The highest BCUT2D eigenvalue weighted by Gasteiger charge is 2.50. The number of hydrogen-bond acceptors (Lipinski definition) is 4. The van der Waals surface area contributed by atoms with E-state index in [0.29, 0.717) is 16.9 Å². The second-order valence-corrected chi connectivity index (χ2v) is 9.04. The number of amides is 2. The van der Waals surface area contributed by atoms with E-state index in [-0.39, 0.29) is 17.6 Å². The average molecular weight is 478 g/mol. The van der Waals surface area contributed by atoms with Gasteiger partial charge in [0.05, 0.1) is 0 Å². The van der Waals surface area contributed by atoms with E-state index in [1.807, 2.05) is 73.1 Å². The van der Waals surface area contributed by atoms with Crippen molar-refractivity contribution in [3.8, 4) is 0 Å². The summed E-state index contributed by atoms with van der Waals surface area (Å²) in [6.45, 7) is 2.92. The third kappa shape index (κ3) is 3.19. The molecular weight excluding hydrogens is 454 g/mol. The SMILES string of the molecule is CC(=O)Nc1ccc2[nH]cc(C3(c4c[nH]c5ccc(NC(C)=O)cc45)Nc4ccccc4C3=O)c2c1. The Morgan fingerprint density at radius 3 is 1.78 bits per heavy atom. The number of carbonyl (C=O) groups is 3. The van der Waals surface area contributed by atoms with Crippen molar-refractivity contribution < 1.29 is 14.4 Å². The van der Waals surface area contributed by atoms with Gasteiger partial charge in [-0.25, -0.2) is 0 Å². The largest absolute Gasteiger partial charge is 0.365 e.